The van der Waals surface area contributed by atoms with Gasteiger partial charge in [0.25, 0.3) is 5.92 Å². The Kier molecular flexibility index (Phi) is 5.14. The molecule has 0 radical (unpaired) electrons. The minimum atomic E-state index is -3.49. The van der Waals surface area contributed by atoms with E-state index in [1.807, 2.05) is 6.07 Å². The number of halogens is 5. The first-order chi connectivity index (χ1) is 16.1. The summed E-state index contributed by atoms with van der Waals surface area (Å²) in [6.07, 6.45) is -4.18. The molecule has 0 saturated carbocycles. The number of hydrogen-bond acceptors (Lipinski definition) is 3. The lowest BCUT2D eigenvalue weighted by molar-refractivity contribution is -0.0966. The number of hydrogen-bond donors (Lipinski definition) is 2. The minimum absolute atomic E-state index is 0.0261. The van der Waals surface area contributed by atoms with Crippen LogP contribution >= 0.6 is 0 Å². The SMILES string of the molecule is N#Cc1cc(F)cc2c1[C@@H](c1ccc(-c3cc(F)ccc3N)c3c1CC(F)(F)[C@H]3O)CC[C@@H]2F. The number of aliphatic hydroxyl groups excluding tert-OH is 1. The van der Waals surface area contributed by atoms with Crippen LogP contribution in [0, 0.1) is 23.0 Å². The Morgan fingerprint density at radius 2 is 1.71 bits per heavy atom. The smallest absolute Gasteiger partial charge is 0.281 e. The number of alkyl halides is 3. The van der Waals surface area contributed by atoms with Gasteiger partial charge in [-0.1, -0.05) is 12.1 Å². The van der Waals surface area contributed by atoms with E-state index in [2.05, 4.69) is 0 Å². The Morgan fingerprint density at radius 3 is 2.44 bits per heavy atom. The molecular formula is C26H19F5N2O. The topological polar surface area (TPSA) is 70.0 Å². The van der Waals surface area contributed by atoms with Crippen molar-refractivity contribution in [2.45, 2.75) is 43.4 Å². The van der Waals surface area contributed by atoms with Gasteiger partial charge in [-0.2, -0.15) is 5.26 Å². The average Bonchev–Trinajstić information content (AvgIpc) is 3.04. The van der Waals surface area contributed by atoms with Crippen molar-refractivity contribution in [3.63, 3.8) is 0 Å². The second-order valence-corrected chi connectivity index (χ2v) is 8.83. The molecule has 3 nitrogen and oxygen atoms in total. The third-order valence-corrected chi connectivity index (χ3v) is 6.85. The molecule has 0 heterocycles. The molecule has 0 amide bonds. The van der Waals surface area contributed by atoms with E-state index in [1.165, 1.54) is 12.1 Å². The number of rotatable bonds is 2. The van der Waals surface area contributed by atoms with Crippen LogP contribution in [0.15, 0.2) is 42.5 Å². The summed E-state index contributed by atoms with van der Waals surface area (Å²) in [5, 5.41) is 20.2. The fraction of sp³-hybridized carbons (Fsp3) is 0.269. The van der Waals surface area contributed by atoms with E-state index in [9.17, 15) is 32.3 Å². The van der Waals surface area contributed by atoms with Crippen molar-refractivity contribution in [3.8, 4) is 17.2 Å². The van der Waals surface area contributed by atoms with Crippen LogP contribution in [0.1, 0.15) is 64.4 Å². The molecule has 0 aromatic heterocycles. The van der Waals surface area contributed by atoms with Gasteiger partial charge >= 0.3 is 0 Å². The predicted molar refractivity (Wildman–Crippen MR) is 116 cm³/mol. The highest BCUT2D eigenvalue weighted by atomic mass is 19.3. The maximum absolute atomic E-state index is 14.8. The summed E-state index contributed by atoms with van der Waals surface area (Å²) < 4.78 is 72.3. The average molecular weight is 470 g/mol. The number of nitriles is 1. The molecule has 0 spiro atoms. The molecule has 0 unspecified atom stereocenters. The van der Waals surface area contributed by atoms with Gasteiger partial charge in [0, 0.05) is 23.6 Å². The van der Waals surface area contributed by atoms with E-state index >= 15 is 0 Å². The molecule has 3 atom stereocenters. The number of aliphatic hydroxyl groups is 1. The largest absolute Gasteiger partial charge is 0.398 e. The van der Waals surface area contributed by atoms with Crippen molar-refractivity contribution >= 4 is 5.69 Å². The standard InChI is InChI=1S/C26H19F5N2O/c27-13-1-6-22(33)18(8-13)17-3-2-15(20-10-26(30,31)25(34)24(17)20)16-4-5-21(29)19-9-14(28)7-12(11-32)23(16)19/h1-3,6-9,16,21,25,34H,4-5,10,33H2/t16-,21+,25+/m1/s1. The Labute approximate surface area is 192 Å². The molecule has 5 rings (SSSR count). The van der Waals surface area contributed by atoms with Gasteiger partial charge < -0.3 is 10.8 Å². The summed E-state index contributed by atoms with van der Waals surface area (Å²) in [5.74, 6) is -5.50. The molecule has 3 aromatic carbocycles. The maximum atomic E-state index is 14.8. The highest BCUT2D eigenvalue weighted by Gasteiger charge is 2.50. The molecule has 8 heteroatoms. The molecule has 3 N–H and O–H groups in total. The lowest BCUT2D eigenvalue weighted by Crippen LogP contribution is -2.22. The zero-order valence-corrected chi connectivity index (χ0v) is 17.8. The van der Waals surface area contributed by atoms with E-state index in [-0.39, 0.29) is 57.5 Å². The summed E-state index contributed by atoms with van der Waals surface area (Å²) >= 11 is 0. The zero-order chi connectivity index (χ0) is 24.4. The van der Waals surface area contributed by atoms with E-state index in [4.69, 9.17) is 5.73 Å². The third kappa shape index (κ3) is 3.34. The number of fused-ring (bicyclic) bond motifs is 2. The summed E-state index contributed by atoms with van der Waals surface area (Å²) in [5.41, 5.74) is 7.24. The molecular weight excluding hydrogens is 451 g/mol. The second kappa shape index (κ2) is 7.81. The minimum Gasteiger partial charge on any atom is -0.398 e. The molecule has 0 saturated heterocycles. The van der Waals surface area contributed by atoms with E-state index < -0.39 is 42.2 Å². The summed E-state index contributed by atoms with van der Waals surface area (Å²) in [6.45, 7) is 0. The fourth-order valence-electron chi connectivity index (χ4n) is 5.36. The van der Waals surface area contributed by atoms with Crippen molar-refractivity contribution in [1.29, 1.82) is 5.26 Å². The monoisotopic (exact) mass is 470 g/mol. The van der Waals surface area contributed by atoms with Crippen molar-refractivity contribution in [1.82, 2.24) is 0 Å². The van der Waals surface area contributed by atoms with Crippen LogP contribution in [-0.4, -0.2) is 11.0 Å². The summed E-state index contributed by atoms with van der Waals surface area (Å²) in [6, 6.07) is 10.6. The number of nitrogen functional groups attached to an aromatic ring is 1. The van der Waals surface area contributed by atoms with Gasteiger partial charge in [0.1, 0.15) is 23.9 Å². The quantitative estimate of drug-likeness (QED) is 0.344. The van der Waals surface area contributed by atoms with Crippen LogP contribution in [0.3, 0.4) is 0 Å². The Balaban J connectivity index is 1.76. The van der Waals surface area contributed by atoms with Crippen LogP contribution in [-0.2, 0) is 6.42 Å². The number of anilines is 1. The lowest BCUT2D eigenvalue weighted by atomic mass is 9.74. The zero-order valence-electron chi connectivity index (χ0n) is 17.8. The van der Waals surface area contributed by atoms with Gasteiger partial charge in [-0.15, -0.1) is 0 Å². The number of nitrogens with two attached hydrogens (primary N) is 1. The van der Waals surface area contributed by atoms with Crippen molar-refractivity contribution in [2.75, 3.05) is 5.73 Å². The molecule has 174 valence electrons. The Bertz CT molecular complexity index is 1360. The van der Waals surface area contributed by atoms with E-state index in [0.29, 0.717) is 5.56 Å². The first kappa shape index (κ1) is 22.4. The second-order valence-electron chi connectivity index (χ2n) is 8.83. The van der Waals surface area contributed by atoms with E-state index in [1.54, 1.807) is 6.07 Å². The van der Waals surface area contributed by atoms with Crippen LogP contribution < -0.4 is 5.73 Å². The predicted octanol–water partition coefficient (Wildman–Crippen LogP) is 6.25. The van der Waals surface area contributed by atoms with Crippen LogP contribution in [0.2, 0.25) is 0 Å². The van der Waals surface area contributed by atoms with Gasteiger partial charge in [-0.25, -0.2) is 22.0 Å². The van der Waals surface area contributed by atoms with Gasteiger partial charge in [0.05, 0.1) is 11.6 Å². The molecule has 0 bridgehead atoms. The highest BCUT2D eigenvalue weighted by Crippen LogP contribution is 2.53. The Morgan fingerprint density at radius 1 is 0.941 bits per heavy atom. The fourth-order valence-corrected chi connectivity index (χ4v) is 5.36. The number of benzene rings is 3. The summed E-state index contributed by atoms with van der Waals surface area (Å²) in [7, 11) is 0. The van der Waals surface area contributed by atoms with Crippen LogP contribution in [0.5, 0.6) is 0 Å². The molecule has 0 fully saturated rings. The third-order valence-electron chi connectivity index (χ3n) is 6.85. The molecule has 3 aromatic rings. The molecule has 2 aliphatic carbocycles. The molecule has 0 aliphatic heterocycles. The van der Waals surface area contributed by atoms with Gasteiger partial charge in [0.15, 0.2) is 0 Å². The van der Waals surface area contributed by atoms with Gasteiger partial charge in [-0.3, -0.25) is 0 Å². The van der Waals surface area contributed by atoms with E-state index in [0.717, 1.165) is 24.3 Å². The first-order valence-corrected chi connectivity index (χ1v) is 10.8. The normalized spacial score (nSPS) is 22.7. The van der Waals surface area contributed by atoms with Gasteiger partial charge in [0.2, 0.25) is 0 Å². The first-order valence-electron chi connectivity index (χ1n) is 10.8. The lowest BCUT2D eigenvalue weighted by Gasteiger charge is -2.31. The molecule has 2 aliphatic rings. The van der Waals surface area contributed by atoms with Crippen molar-refractivity contribution in [3.05, 3.63) is 87.5 Å². The van der Waals surface area contributed by atoms with Gasteiger partial charge in [-0.05, 0) is 76.6 Å². The summed E-state index contributed by atoms with van der Waals surface area (Å²) in [4.78, 5) is 0. The highest BCUT2D eigenvalue weighted by molar-refractivity contribution is 5.81. The maximum Gasteiger partial charge on any atom is 0.281 e. The van der Waals surface area contributed by atoms with Crippen molar-refractivity contribution in [2.24, 2.45) is 0 Å². The molecule has 34 heavy (non-hydrogen) atoms. The Hall–Kier alpha value is -3.44. The number of nitrogens with zero attached hydrogens (tertiary/aromatic N) is 1. The van der Waals surface area contributed by atoms with Crippen molar-refractivity contribution < 1.29 is 27.1 Å². The van der Waals surface area contributed by atoms with Crippen LogP contribution in [0.25, 0.3) is 11.1 Å². The van der Waals surface area contributed by atoms with Crippen LogP contribution in [0.4, 0.5) is 27.6 Å².